The van der Waals surface area contributed by atoms with Gasteiger partial charge in [-0.25, -0.2) is 8.42 Å². The number of nitrogens with zero attached hydrogens (tertiary/aromatic N) is 3. The van der Waals surface area contributed by atoms with Gasteiger partial charge in [0, 0.05) is 17.8 Å². The second-order valence-electron chi connectivity index (χ2n) is 7.54. The summed E-state index contributed by atoms with van der Waals surface area (Å²) in [7, 11) is -2.37. The first-order valence-electron chi connectivity index (χ1n) is 9.65. The molecule has 1 aromatic heterocycles. The minimum Gasteiger partial charge on any atom is -0.324 e. The van der Waals surface area contributed by atoms with E-state index in [1.807, 2.05) is 19.9 Å². The molecular weight excluding hydrogens is 436 g/mol. The van der Waals surface area contributed by atoms with Crippen molar-refractivity contribution in [3.63, 3.8) is 0 Å². The number of aromatic nitrogens is 2. The van der Waals surface area contributed by atoms with Gasteiger partial charge in [0.25, 0.3) is 10.0 Å². The van der Waals surface area contributed by atoms with Gasteiger partial charge in [0.05, 0.1) is 17.1 Å². The molecule has 7 nitrogen and oxygen atoms in total. The highest BCUT2D eigenvalue weighted by atomic mass is 35.5. The van der Waals surface area contributed by atoms with E-state index in [4.69, 9.17) is 11.6 Å². The Kier molecular flexibility index (Phi) is 6.43. The van der Waals surface area contributed by atoms with Crippen molar-refractivity contribution in [1.29, 1.82) is 0 Å². The third-order valence-corrected chi connectivity index (χ3v) is 7.14. The molecule has 0 spiro atoms. The fourth-order valence-electron chi connectivity index (χ4n) is 3.54. The van der Waals surface area contributed by atoms with Crippen molar-refractivity contribution in [2.75, 3.05) is 16.2 Å². The number of benzene rings is 2. The molecule has 164 valence electrons. The van der Waals surface area contributed by atoms with Crippen LogP contribution in [-0.2, 0) is 21.9 Å². The van der Waals surface area contributed by atoms with Crippen molar-refractivity contribution in [2.45, 2.75) is 32.6 Å². The minimum atomic E-state index is -4.06. The van der Waals surface area contributed by atoms with E-state index in [1.165, 1.54) is 4.68 Å². The Hall–Kier alpha value is -2.84. The summed E-state index contributed by atoms with van der Waals surface area (Å²) in [6.45, 7) is 6.71. The van der Waals surface area contributed by atoms with Gasteiger partial charge in [-0.15, -0.1) is 0 Å². The van der Waals surface area contributed by atoms with Crippen molar-refractivity contribution in [3.05, 3.63) is 70.0 Å². The van der Waals surface area contributed by atoms with Crippen LogP contribution in [0.1, 0.15) is 22.5 Å². The Morgan fingerprint density at radius 3 is 2.29 bits per heavy atom. The van der Waals surface area contributed by atoms with Crippen LogP contribution in [0.5, 0.6) is 0 Å². The maximum atomic E-state index is 13.7. The number of aryl methyl sites for hydroxylation is 4. The molecule has 0 saturated carbocycles. The quantitative estimate of drug-likeness (QED) is 0.599. The molecule has 0 saturated heterocycles. The number of carbonyl (C=O) groups excluding carboxylic acids is 1. The van der Waals surface area contributed by atoms with Crippen LogP contribution in [0.3, 0.4) is 0 Å². The van der Waals surface area contributed by atoms with Crippen LogP contribution in [-0.4, -0.2) is 30.7 Å². The predicted octanol–water partition coefficient (Wildman–Crippen LogP) is 4.14. The van der Waals surface area contributed by atoms with Crippen molar-refractivity contribution >= 4 is 38.9 Å². The standard InChI is InChI=1S/C22H25ClN4O3S/c1-14-9-15(2)11-20(10-14)27(13-21(28)24-19-8-6-7-18(23)12-19)31(29,30)22-16(3)25-26(5)17(22)4/h6-12H,13H2,1-5H3,(H,24,28). The molecule has 0 unspecified atom stereocenters. The van der Waals surface area contributed by atoms with E-state index in [1.54, 1.807) is 57.3 Å². The Morgan fingerprint density at radius 2 is 1.74 bits per heavy atom. The van der Waals surface area contributed by atoms with Gasteiger partial charge in [0.2, 0.25) is 5.91 Å². The maximum Gasteiger partial charge on any atom is 0.268 e. The Labute approximate surface area is 187 Å². The van der Waals surface area contributed by atoms with E-state index in [-0.39, 0.29) is 4.90 Å². The largest absolute Gasteiger partial charge is 0.324 e. The summed E-state index contributed by atoms with van der Waals surface area (Å²) >= 11 is 5.99. The molecule has 2 aromatic carbocycles. The van der Waals surface area contributed by atoms with Crippen LogP contribution in [0.15, 0.2) is 47.4 Å². The van der Waals surface area contributed by atoms with Crippen LogP contribution >= 0.6 is 11.6 Å². The monoisotopic (exact) mass is 460 g/mol. The van der Waals surface area contributed by atoms with Gasteiger partial charge < -0.3 is 5.32 Å². The number of anilines is 2. The highest BCUT2D eigenvalue weighted by molar-refractivity contribution is 7.93. The molecule has 0 radical (unpaired) electrons. The molecular formula is C22H25ClN4O3S. The van der Waals surface area contributed by atoms with E-state index >= 15 is 0 Å². The number of sulfonamides is 1. The lowest BCUT2D eigenvalue weighted by molar-refractivity contribution is -0.114. The molecule has 0 bridgehead atoms. The van der Waals surface area contributed by atoms with E-state index < -0.39 is 22.5 Å². The third-order valence-electron chi connectivity index (χ3n) is 4.88. The summed E-state index contributed by atoms with van der Waals surface area (Å²) in [6, 6.07) is 12.1. The second-order valence-corrected chi connectivity index (χ2v) is 9.78. The lowest BCUT2D eigenvalue weighted by Gasteiger charge is -2.25. The zero-order valence-electron chi connectivity index (χ0n) is 18.1. The summed E-state index contributed by atoms with van der Waals surface area (Å²) in [5.41, 5.74) is 3.58. The van der Waals surface area contributed by atoms with Gasteiger partial charge >= 0.3 is 0 Å². The zero-order chi connectivity index (χ0) is 22.9. The van der Waals surface area contributed by atoms with Crippen LogP contribution in [0, 0.1) is 27.7 Å². The van der Waals surface area contributed by atoms with Gasteiger partial charge in [-0.1, -0.05) is 23.7 Å². The van der Waals surface area contributed by atoms with E-state index in [0.717, 1.165) is 15.4 Å². The Morgan fingerprint density at radius 1 is 1.10 bits per heavy atom. The second kappa shape index (κ2) is 8.72. The first-order valence-corrected chi connectivity index (χ1v) is 11.5. The normalized spacial score (nSPS) is 11.4. The van der Waals surface area contributed by atoms with Gasteiger partial charge in [-0.3, -0.25) is 13.8 Å². The van der Waals surface area contributed by atoms with Crippen molar-refractivity contribution in [2.24, 2.45) is 7.05 Å². The predicted molar refractivity (Wildman–Crippen MR) is 123 cm³/mol. The number of halogens is 1. The molecule has 0 aliphatic heterocycles. The fraction of sp³-hybridized carbons (Fsp3) is 0.273. The fourth-order valence-corrected chi connectivity index (χ4v) is 5.54. The van der Waals surface area contributed by atoms with Crippen LogP contribution < -0.4 is 9.62 Å². The molecule has 1 N–H and O–H groups in total. The first-order chi connectivity index (χ1) is 14.5. The third kappa shape index (κ3) is 4.91. The summed E-state index contributed by atoms with van der Waals surface area (Å²) in [5, 5.41) is 7.43. The van der Waals surface area contributed by atoms with Gasteiger partial charge in [0.15, 0.2) is 0 Å². The molecule has 0 fully saturated rings. The van der Waals surface area contributed by atoms with Crippen molar-refractivity contribution in [3.8, 4) is 0 Å². The first kappa shape index (κ1) is 22.8. The number of rotatable bonds is 6. The summed E-state index contributed by atoms with van der Waals surface area (Å²) in [6.07, 6.45) is 0. The number of carbonyl (C=O) groups is 1. The smallest absolute Gasteiger partial charge is 0.268 e. The Balaban J connectivity index is 2.05. The van der Waals surface area contributed by atoms with Gasteiger partial charge in [0.1, 0.15) is 11.4 Å². The molecule has 3 aromatic rings. The van der Waals surface area contributed by atoms with Crippen LogP contribution in [0.25, 0.3) is 0 Å². The number of amides is 1. The number of hydrogen-bond donors (Lipinski definition) is 1. The van der Waals surface area contributed by atoms with Crippen molar-refractivity contribution < 1.29 is 13.2 Å². The molecule has 9 heteroatoms. The van der Waals surface area contributed by atoms with Crippen LogP contribution in [0.4, 0.5) is 11.4 Å². The molecule has 31 heavy (non-hydrogen) atoms. The van der Waals surface area contributed by atoms with Gasteiger partial charge in [-0.05, 0) is 69.2 Å². The molecule has 1 heterocycles. The highest BCUT2D eigenvalue weighted by Gasteiger charge is 2.32. The summed E-state index contributed by atoms with van der Waals surface area (Å²) in [5.74, 6) is -0.482. The molecule has 0 aliphatic rings. The topological polar surface area (TPSA) is 84.3 Å². The number of hydrogen-bond acceptors (Lipinski definition) is 4. The van der Waals surface area contributed by atoms with E-state index in [2.05, 4.69) is 10.4 Å². The number of nitrogens with one attached hydrogen (secondary N) is 1. The average molecular weight is 461 g/mol. The van der Waals surface area contributed by atoms with E-state index in [9.17, 15) is 13.2 Å². The molecule has 1 amide bonds. The average Bonchev–Trinajstić information content (AvgIpc) is 2.91. The lowest BCUT2D eigenvalue weighted by atomic mass is 10.1. The van der Waals surface area contributed by atoms with E-state index in [0.29, 0.717) is 27.8 Å². The Bertz CT molecular complexity index is 1230. The molecule has 0 atom stereocenters. The highest BCUT2D eigenvalue weighted by Crippen LogP contribution is 2.29. The zero-order valence-corrected chi connectivity index (χ0v) is 19.7. The maximum absolute atomic E-state index is 13.7. The SMILES string of the molecule is Cc1cc(C)cc(N(CC(=O)Nc2cccc(Cl)c2)S(=O)(=O)c2c(C)nn(C)c2C)c1. The lowest BCUT2D eigenvalue weighted by Crippen LogP contribution is -2.38. The van der Waals surface area contributed by atoms with Crippen molar-refractivity contribution in [1.82, 2.24) is 9.78 Å². The summed E-state index contributed by atoms with van der Waals surface area (Å²) < 4.78 is 30.1. The molecule has 3 rings (SSSR count). The minimum absolute atomic E-state index is 0.102. The van der Waals surface area contributed by atoms with Crippen LogP contribution in [0.2, 0.25) is 5.02 Å². The summed E-state index contributed by atoms with van der Waals surface area (Å²) in [4.78, 5) is 13.0. The van der Waals surface area contributed by atoms with Gasteiger partial charge in [-0.2, -0.15) is 5.10 Å². The molecule has 0 aliphatic carbocycles.